The van der Waals surface area contributed by atoms with E-state index in [-0.39, 0.29) is 5.91 Å². The molecule has 116 valence electrons. The molecule has 0 spiro atoms. The van der Waals surface area contributed by atoms with Crippen LogP contribution >= 0.6 is 0 Å². The Labute approximate surface area is 122 Å². The van der Waals surface area contributed by atoms with Crippen molar-refractivity contribution in [2.75, 3.05) is 20.1 Å². The van der Waals surface area contributed by atoms with Crippen LogP contribution in [0.2, 0.25) is 0 Å². The van der Waals surface area contributed by atoms with E-state index >= 15 is 0 Å². The van der Waals surface area contributed by atoms with Crippen LogP contribution in [-0.4, -0.2) is 47.7 Å². The largest absolute Gasteiger partial charge is 0.389 e. The molecule has 0 aromatic carbocycles. The first-order valence-electron chi connectivity index (χ1n) is 8.19. The predicted molar refractivity (Wildman–Crippen MR) is 80.5 cm³/mol. The van der Waals surface area contributed by atoms with Crippen LogP contribution in [0, 0.1) is 5.92 Å². The fraction of sp³-hybridized carbons (Fsp3) is 0.938. The molecule has 0 heterocycles. The van der Waals surface area contributed by atoms with Crippen molar-refractivity contribution in [3.63, 3.8) is 0 Å². The Bertz CT molecular complexity index is 326. The van der Waals surface area contributed by atoms with E-state index in [1.54, 1.807) is 0 Å². The SMILES string of the molecule is CC1CCCCC1NC(=O)CN(C)CC1(O)CCCC1. The van der Waals surface area contributed by atoms with Crippen molar-refractivity contribution < 1.29 is 9.90 Å². The van der Waals surface area contributed by atoms with Crippen LogP contribution in [0.1, 0.15) is 58.3 Å². The van der Waals surface area contributed by atoms with Crippen molar-refractivity contribution in [1.82, 2.24) is 10.2 Å². The van der Waals surface area contributed by atoms with Gasteiger partial charge in [-0.3, -0.25) is 9.69 Å². The molecule has 2 aliphatic rings. The number of hydrogen-bond acceptors (Lipinski definition) is 3. The number of nitrogens with one attached hydrogen (secondary N) is 1. The van der Waals surface area contributed by atoms with Gasteiger partial charge in [0.05, 0.1) is 12.1 Å². The minimum Gasteiger partial charge on any atom is -0.389 e. The van der Waals surface area contributed by atoms with Crippen LogP contribution < -0.4 is 5.32 Å². The topological polar surface area (TPSA) is 52.6 Å². The second-order valence-electron chi connectivity index (χ2n) is 7.04. The molecule has 0 saturated heterocycles. The summed E-state index contributed by atoms with van der Waals surface area (Å²) in [5, 5.41) is 13.5. The maximum absolute atomic E-state index is 12.1. The Morgan fingerprint density at radius 3 is 2.55 bits per heavy atom. The molecular formula is C16H30N2O2. The van der Waals surface area contributed by atoms with Crippen LogP contribution in [0.3, 0.4) is 0 Å². The maximum atomic E-state index is 12.1. The Morgan fingerprint density at radius 1 is 1.25 bits per heavy atom. The summed E-state index contributed by atoms with van der Waals surface area (Å²) in [5.74, 6) is 0.699. The third-order valence-electron chi connectivity index (χ3n) is 4.97. The van der Waals surface area contributed by atoms with Crippen molar-refractivity contribution in [2.45, 2.75) is 69.9 Å². The number of nitrogens with zero attached hydrogens (tertiary/aromatic N) is 1. The summed E-state index contributed by atoms with van der Waals surface area (Å²) in [6.07, 6.45) is 8.82. The van der Waals surface area contributed by atoms with E-state index in [0.29, 0.717) is 25.0 Å². The fourth-order valence-corrected chi connectivity index (χ4v) is 3.78. The van der Waals surface area contributed by atoms with Gasteiger partial charge in [0, 0.05) is 12.6 Å². The number of carbonyl (C=O) groups is 1. The molecule has 0 aromatic heterocycles. The smallest absolute Gasteiger partial charge is 0.234 e. The Morgan fingerprint density at radius 2 is 1.90 bits per heavy atom. The van der Waals surface area contributed by atoms with Crippen LogP contribution in [0.25, 0.3) is 0 Å². The lowest BCUT2D eigenvalue weighted by molar-refractivity contribution is -0.123. The zero-order chi connectivity index (χ0) is 14.6. The third-order valence-corrected chi connectivity index (χ3v) is 4.97. The maximum Gasteiger partial charge on any atom is 0.234 e. The van der Waals surface area contributed by atoms with Gasteiger partial charge in [-0.1, -0.05) is 32.6 Å². The molecule has 1 amide bonds. The van der Waals surface area contributed by atoms with Gasteiger partial charge in [0.25, 0.3) is 0 Å². The van der Waals surface area contributed by atoms with E-state index in [2.05, 4.69) is 12.2 Å². The summed E-state index contributed by atoms with van der Waals surface area (Å²) in [5.41, 5.74) is -0.562. The summed E-state index contributed by atoms with van der Waals surface area (Å²) < 4.78 is 0. The minimum absolute atomic E-state index is 0.104. The van der Waals surface area contributed by atoms with Crippen molar-refractivity contribution in [3.8, 4) is 0 Å². The van der Waals surface area contributed by atoms with Crippen LogP contribution in [0.5, 0.6) is 0 Å². The standard InChI is InChI=1S/C16H30N2O2/c1-13-7-3-4-8-14(13)17-15(19)11-18(2)12-16(20)9-5-6-10-16/h13-14,20H,3-12H2,1-2H3,(H,17,19). The summed E-state index contributed by atoms with van der Waals surface area (Å²) >= 11 is 0. The van der Waals surface area contributed by atoms with Crippen molar-refractivity contribution in [2.24, 2.45) is 5.92 Å². The highest BCUT2D eigenvalue weighted by molar-refractivity contribution is 5.78. The predicted octanol–water partition coefficient (Wildman–Crippen LogP) is 1.92. The summed E-state index contributed by atoms with van der Waals surface area (Å²) in [6, 6.07) is 0.346. The van der Waals surface area contributed by atoms with Gasteiger partial charge >= 0.3 is 0 Å². The molecule has 4 nitrogen and oxygen atoms in total. The molecule has 4 heteroatoms. The highest BCUT2D eigenvalue weighted by Crippen LogP contribution is 2.29. The molecule has 2 saturated carbocycles. The Balaban J connectivity index is 1.73. The molecule has 2 unspecified atom stereocenters. The first kappa shape index (κ1) is 15.8. The first-order valence-corrected chi connectivity index (χ1v) is 8.19. The van der Waals surface area contributed by atoms with Crippen LogP contribution in [0.4, 0.5) is 0 Å². The number of hydrogen-bond donors (Lipinski definition) is 2. The average molecular weight is 282 g/mol. The van der Waals surface area contributed by atoms with E-state index in [9.17, 15) is 9.90 Å². The van der Waals surface area contributed by atoms with Crippen LogP contribution in [0.15, 0.2) is 0 Å². The monoisotopic (exact) mass is 282 g/mol. The highest BCUT2D eigenvalue weighted by atomic mass is 16.3. The quantitative estimate of drug-likeness (QED) is 0.810. The van der Waals surface area contributed by atoms with Gasteiger partial charge in [-0.15, -0.1) is 0 Å². The lowest BCUT2D eigenvalue weighted by Crippen LogP contribution is -2.47. The number of amides is 1. The van der Waals surface area contributed by atoms with E-state index in [0.717, 1.165) is 32.1 Å². The van der Waals surface area contributed by atoms with Crippen LogP contribution in [-0.2, 0) is 4.79 Å². The molecule has 2 rings (SSSR count). The minimum atomic E-state index is -0.562. The van der Waals surface area contributed by atoms with E-state index < -0.39 is 5.60 Å². The number of likely N-dealkylation sites (N-methyl/N-ethyl adjacent to an activating group) is 1. The van der Waals surface area contributed by atoms with Gasteiger partial charge in [-0.25, -0.2) is 0 Å². The molecule has 0 aliphatic heterocycles. The zero-order valence-corrected chi connectivity index (χ0v) is 13.0. The second-order valence-corrected chi connectivity index (χ2v) is 7.04. The first-order chi connectivity index (χ1) is 9.48. The van der Waals surface area contributed by atoms with E-state index in [4.69, 9.17) is 0 Å². The van der Waals surface area contributed by atoms with Gasteiger partial charge in [0.2, 0.25) is 5.91 Å². The molecule has 0 radical (unpaired) electrons. The van der Waals surface area contributed by atoms with Gasteiger partial charge in [0.1, 0.15) is 0 Å². The van der Waals surface area contributed by atoms with Crippen molar-refractivity contribution in [1.29, 1.82) is 0 Å². The van der Waals surface area contributed by atoms with Crippen molar-refractivity contribution in [3.05, 3.63) is 0 Å². The van der Waals surface area contributed by atoms with Gasteiger partial charge in [-0.05, 0) is 38.6 Å². The molecule has 0 aromatic rings. The van der Waals surface area contributed by atoms with Gasteiger partial charge < -0.3 is 10.4 Å². The molecule has 20 heavy (non-hydrogen) atoms. The Kier molecular flexibility index (Phi) is 5.44. The molecule has 2 aliphatic carbocycles. The van der Waals surface area contributed by atoms with Gasteiger partial charge in [-0.2, -0.15) is 0 Å². The second kappa shape index (κ2) is 6.90. The normalized spacial score (nSPS) is 29.6. The lowest BCUT2D eigenvalue weighted by Gasteiger charge is -2.31. The van der Waals surface area contributed by atoms with E-state index in [1.165, 1.54) is 19.3 Å². The summed E-state index contributed by atoms with van der Waals surface area (Å²) in [7, 11) is 1.93. The molecule has 2 atom stereocenters. The summed E-state index contributed by atoms with van der Waals surface area (Å²) in [6.45, 7) is 3.24. The highest BCUT2D eigenvalue weighted by Gasteiger charge is 2.32. The molecule has 2 N–H and O–H groups in total. The Hall–Kier alpha value is -0.610. The third kappa shape index (κ3) is 4.45. The molecule has 0 bridgehead atoms. The number of carbonyl (C=O) groups excluding carboxylic acids is 1. The average Bonchev–Trinajstić information content (AvgIpc) is 2.78. The molecular weight excluding hydrogens is 252 g/mol. The zero-order valence-electron chi connectivity index (χ0n) is 13.0. The molecule has 2 fully saturated rings. The summed E-state index contributed by atoms with van der Waals surface area (Å²) in [4.78, 5) is 14.1. The number of rotatable bonds is 5. The fourth-order valence-electron chi connectivity index (χ4n) is 3.78. The van der Waals surface area contributed by atoms with Crippen molar-refractivity contribution >= 4 is 5.91 Å². The number of aliphatic hydroxyl groups is 1. The lowest BCUT2D eigenvalue weighted by atomic mass is 9.86. The van der Waals surface area contributed by atoms with Gasteiger partial charge in [0.15, 0.2) is 0 Å². The van der Waals surface area contributed by atoms with E-state index in [1.807, 2.05) is 11.9 Å².